The van der Waals surface area contributed by atoms with Crippen molar-refractivity contribution in [2.75, 3.05) is 30.5 Å². The Labute approximate surface area is 113 Å². The van der Waals surface area contributed by atoms with Crippen LogP contribution in [0.15, 0.2) is 6.07 Å². The Kier molecular flexibility index (Phi) is 4.64. The average Bonchev–Trinajstić information content (AvgIpc) is 2.38. The lowest BCUT2D eigenvalue weighted by molar-refractivity contribution is 0.325. The van der Waals surface area contributed by atoms with Gasteiger partial charge in [0.05, 0.1) is 6.61 Å². The fourth-order valence-corrected chi connectivity index (χ4v) is 2.48. The standard InChI is InChI=1S/C13H20ClN3O/c1-3-18-12-8-10(2)15-13(16-12)17-6-4-11(9-14)5-7-17/h8,11H,3-7,9H2,1-2H3. The fourth-order valence-electron chi connectivity index (χ4n) is 2.18. The number of piperidine rings is 1. The van der Waals surface area contributed by atoms with E-state index in [0.29, 0.717) is 18.4 Å². The second-order valence-corrected chi connectivity index (χ2v) is 4.97. The van der Waals surface area contributed by atoms with Gasteiger partial charge in [-0.25, -0.2) is 4.98 Å². The third-order valence-electron chi connectivity index (χ3n) is 3.23. The Morgan fingerprint density at radius 3 is 2.72 bits per heavy atom. The first-order chi connectivity index (χ1) is 8.72. The first-order valence-electron chi connectivity index (χ1n) is 6.52. The Balaban J connectivity index is 2.08. The van der Waals surface area contributed by atoms with Gasteiger partial charge in [-0.15, -0.1) is 11.6 Å². The van der Waals surface area contributed by atoms with E-state index in [1.165, 1.54) is 0 Å². The molecule has 0 aliphatic carbocycles. The van der Waals surface area contributed by atoms with Crippen LogP contribution >= 0.6 is 11.6 Å². The van der Waals surface area contributed by atoms with Gasteiger partial charge in [0.1, 0.15) is 0 Å². The van der Waals surface area contributed by atoms with Gasteiger partial charge in [0.2, 0.25) is 11.8 Å². The summed E-state index contributed by atoms with van der Waals surface area (Å²) in [5, 5.41) is 0. The van der Waals surface area contributed by atoms with Crippen molar-refractivity contribution < 1.29 is 4.74 Å². The highest BCUT2D eigenvalue weighted by molar-refractivity contribution is 6.18. The molecule has 100 valence electrons. The molecule has 1 aliphatic rings. The van der Waals surface area contributed by atoms with Gasteiger partial charge >= 0.3 is 0 Å². The molecular weight excluding hydrogens is 250 g/mol. The molecule has 1 aromatic rings. The molecule has 0 unspecified atom stereocenters. The second-order valence-electron chi connectivity index (χ2n) is 4.67. The quantitative estimate of drug-likeness (QED) is 0.788. The van der Waals surface area contributed by atoms with Crippen LogP contribution in [-0.2, 0) is 0 Å². The van der Waals surface area contributed by atoms with Gasteiger partial charge in [0.25, 0.3) is 0 Å². The summed E-state index contributed by atoms with van der Waals surface area (Å²) < 4.78 is 5.46. The summed E-state index contributed by atoms with van der Waals surface area (Å²) in [6.07, 6.45) is 2.23. The van der Waals surface area contributed by atoms with Gasteiger partial charge in [-0.1, -0.05) is 0 Å². The maximum absolute atomic E-state index is 5.90. The number of hydrogen-bond donors (Lipinski definition) is 0. The van der Waals surface area contributed by atoms with Crippen molar-refractivity contribution in [3.8, 4) is 5.88 Å². The van der Waals surface area contributed by atoms with Gasteiger partial charge in [0, 0.05) is 30.7 Å². The summed E-state index contributed by atoms with van der Waals surface area (Å²) in [6.45, 7) is 6.52. The van der Waals surface area contributed by atoms with Crippen LogP contribution in [0.1, 0.15) is 25.5 Å². The number of ether oxygens (including phenoxy) is 1. The second kappa shape index (κ2) is 6.23. The molecule has 0 bridgehead atoms. The minimum absolute atomic E-state index is 0.629. The van der Waals surface area contributed by atoms with Crippen LogP contribution in [0.5, 0.6) is 5.88 Å². The van der Waals surface area contributed by atoms with E-state index in [1.54, 1.807) is 0 Å². The largest absolute Gasteiger partial charge is 0.478 e. The number of hydrogen-bond acceptors (Lipinski definition) is 4. The number of nitrogens with zero attached hydrogens (tertiary/aromatic N) is 3. The normalized spacial score (nSPS) is 16.9. The Hall–Kier alpha value is -1.03. The minimum Gasteiger partial charge on any atom is -0.478 e. The number of rotatable bonds is 4. The van der Waals surface area contributed by atoms with Crippen LogP contribution in [0.3, 0.4) is 0 Å². The zero-order valence-corrected chi connectivity index (χ0v) is 11.8. The van der Waals surface area contributed by atoms with E-state index in [1.807, 2.05) is 19.9 Å². The van der Waals surface area contributed by atoms with Crippen molar-refractivity contribution in [1.29, 1.82) is 0 Å². The lowest BCUT2D eigenvalue weighted by atomic mass is 9.99. The predicted octanol–water partition coefficient (Wildman–Crippen LogP) is 2.64. The molecule has 0 saturated carbocycles. The zero-order chi connectivity index (χ0) is 13.0. The summed E-state index contributed by atoms with van der Waals surface area (Å²) in [5.74, 6) is 2.84. The van der Waals surface area contributed by atoms with Crippen molar-refractivity contribution in [2.45, 2.75) is 26.7 Å². The first-order valence-corrected chi connectivity index (χ1v) is 7.05. The van der Waals surface area contributed by atoms with E-state index in [9.17, 15) is 0 Å². The van der Waals surface area contributed by atoms with Gasteiger partial charge in [-0.05, 0) is 32.6 Å². The highest BCUT2D eigenvalue weighted by Crippen LogP contribution is 2.23. The van der Waals surface area contributed by atoms with Crippen LogP contribution < -0.4 is 9.64 Å². The Bertz CT molecular complexity index is 392. The van der Waals surface area contributed by atoms with Crippen LogP contribution in [0.4, 0.5) is 5.95 Å². The molecule has 1 aliphatic heterocycles. The molecule has 0 amide bonds. The number of halogens is 1. The maximum atomic E-state index is 5.90. The third-order valence-corrected chi connectivity index (χ3v) is 3.66. The molecule has 0 aromatic carbocycles. The van der Waals surface area contributed by atoms with Crippen molar-refractivity contribution in [1.82, 2.24) is 9.97 Å². The van der Waals surface area contributed by atoms with Crippen LogP contribution in [0.2, 0.25) is 0 Å². The molecule has 0 radical (unpaired) electrons. The third kappa shape index (κ3) is 3.25. The van der Waals surface area contributed by atoms with E-state index in [2.05, 4.69) is 14.9 Å². The maximum Gasteiger partial charge on any atom is 0.228 e. The lowest BCUT2D eigenvalue weighted by Gasteiger charge is -2.31. The predicted molar refractivity (Wildman–Crippen MR) is 73.6 cm³/mol. The van der Waals surface area contributed by atoms with E-state index >= 15 is 0 Å². The fraction of sp³-hybridized carbons (Fsp3) is 0.692. The summed E-state index contributed by atoms with van der Waals surface area (Å²) in [7, 11) is 0. The van der Waals surface area contributed by atoms with Crippen LogP contribution in [-0.4, -0.2) is 35.5 Å². The molecule has 2 rings (SSSR count). The average molecular weight is 270 g/mol. The zero-order valence-electron chi connectivity index (χ0n) is 11.0. The summed E-state index contributed by atoms with van der Waals surface area (Å²) in [5.41, 5.74) is 0.947. The van der Waals surface area contributed by atoms with Gasteiger partial charge in [0.15, 0.2) is 0 Å². The monoisotopic (exact) mass is 269 g/mol. The Morgan fingerprint density at radius 1 is 1.39 bits per heavy atom. The first kappa shape index (κ1) is 13.4. The summed E-state index contributed by atoms with van der Waals surface area (Å²) in [4.78, 5) is 11.2. The molecule has 1 saturated heterocycles. The van der Waals surface area contributed by atoms with Gasteiger partial charge in [-0.3, -0.25) is 0 Å². The number of aromatic nitrogens is 2. The molecule has 0 atom stereocenters. The SMILES string of the molecule is CCOc1cc(C)nc(N2CCC(CCl)CC2)n1. The van der Waals surface area contributed by atoms with Crippen LogP contribution in [0.25, 0.3) is 0 Å². The molecule has 0 spiro atoms. The van der Waals surface area contributed by atoms with Gasteiger partial charge < -0.3 is 9.64 Å². The van der Waals surface area contributed by atoms with Crippen molar-refractivity contribution in [2.24, 2.45) is 5.92 Å². The lowest BCUT2D eigenvalue weighted by Crippen LogP contribution is -2.35. The molecule has 18 heavy (non-hydrogen) atoms. The highest BCUT2D eigenvalue weighted by Gasteiger charge is 2.20. The van der Waals surface area contributed by atoms with Crippen molar-refractivity contribution in [3.63, 3.8) is 0 Å². The molecule has 5 heteroatoms. The smallest absolute Gasteiger partial charge is 0.228 e. The number of alkyl halides is 1. The molecule has 2 heterocycles. The van der Waals surface area contributed by atoms with Crippen LogP contribution in [0, 0.1) is 12.8 Å². The van der Waals surface area contributed by atoms with Crippen molar-refractivity contribution >= 4 is 17.5 Å². The van der Waals surface area contributed by atoms with E-state index in [4.69, 9.17) is 16.3 Å². The minimum atomic E-state index is 0.629. The summed E-state index contributed by atoms with van der Waals surface area (Å²) >= 11 is 5.90. The topological polar surface area (TPSA) is 38.2 Å². The molecule has 1 aromatic heterocycles. The number of aryl methyl sites for hydroxylation is 1. The summed E-state index contributed by atoms with van der Waals surface area (Å²) in [6, 6.07) is 1.87. The molecular formula is C13H20ClN3O. The van der Waals surface area contributed by atoms with E-state index < -0.39 is 0 Å². The molecule has 0 N–H and O–H groups in total. The van der Waals surface area contributed by atoms with Gasteiger partial charge in [-0.2, -0.15) is 4.98 Å². The number of anilines is 1. The molecule has 4 nitrogen and oxygen atoms in total. The van der Waals surface area contributed by atoms with E-state index in [0.717, 1.165) is 43.5 Å². The van der Waals surface area contributed by atoms with E-state index in [-0.39, 0.29) is 0 Å². The Morgan fingerprint density at radius 2 is 2.11 bits per heavy atom. The highest BCUT2D eigenvalue weighted by atomic mass is 35.5. The molecule has 1 fully saturated rings. The van der Waals surface area contributed by atoms with Crippen molar-refractivity contribution in [3.05, 3.63) is 11.8 Å².